The Hall–Kier alpha value is -1.36. The lowest BCUT2D eigenvalue weighted by atomic mass is 10.1. The number of benzene rings is 1. The summed E-state index contributed by atoms with van der Waals surface area (Å²) in [5.41, 5.74) is 0. The minimum atomic E-state index is -3.71. The van der Waals surface area contributed by atoms with E-state index in [1.54, 1.807) is 18.2 Å². The normalized spacial score (nSPS) is 11.5. The number of hydrogen-bond donors (Lipinski definition) is 1. The molecule has 1 aromatic rings. The fourth-order valence-corrected chi connectivity index (χ4v) is 2.31. The summed E-state index contributed by atoms with van der Waals surface area (Å²) in [5, 5.41) is 0. The Kier molecular flexibility index (Phi) is 4.69. The van der Waals surface area contributed by atoms with Crippen molar-refractivity contribution in [2.75, 3.05) is 0 Å². The van der Waals surface area contributed by atoms with E-state index in [1.165, 1.54) is 12.1 Å². The maximum atomic E-state index is 11.8. The van der Waals surface area contributed by atoms with Crippen LogP contribution < -0.4 is 4.72 Å². The fourth-order valence-electron chi connectivity index (χ4n) is 1.28. The van der Waals surface area contributed by atoms with Crippen molar-refractivity contribution in [1.29, 1.82) is 0 Å². The van der Waals surface area contributed by atoms with Gasteiger partial charge in [0.15, 0.2) is 0 Å². The Morgan fingerprint density at radius 1 is 1.24 bits per heavy atom. The number of nitrogens with one attached hydrogen (secondary N) is 1. The van der Waals surface area contributed by atoms with Crippen LogP contribution in [-0.4, -0.2) is 14.3 Å². The zero-order chi connectivity index (χ0) is 12.9. The molecule has 0 fully saturated rings. The number of rotatable bonds is 5. The van der Waals surface area contributed by atoms with Gasteiger partial charge >= 0.3 is 0 Å². The van der Waals surface area contributed by atoms with E-state index >= 15 is 0 Å². The van der Waals surface area contributed by atoms with Crippen molar-refractivity contribution in [3.63, 3.8) is 0 Å². The summed E-state index contributed by atoms with van der Waals surface area (Å²) >= 11 is 0. The van der Waals surface area contributed by atoms with E-state index in [9.17, 15) is 13.2 Å². The van der Waals surface area contributed by atoms with Crippen molar-refractivity contribution in [2.24, 2.45) is 5.92 Å². The Bertz CT molecular complexity index is 466. The van der Waals surface area contributed by atoms with E-state index in [2.05, 4.69) is 4.72 Å². The first-order valence-corrected chi connectivity index (χ1v) is 7.01. The largest absolute Gasteiger partial charge is 0.274 e. The van der Waals surface area contributed by atoms with E-state index in [0.29, 0.717) is 12.3 Å². The molecule has 0 saturated heterocycles. The molecule has 4 nitrogen and oxygen atoms in total. The number of amides is 1. The molecule has 0 bridgehead atoms. The number of carbonyl (C=O) groups is 1. The lowest BCUT2D eigenvalue weighted by molar-refractivity contribution is -0.119. The lowest BCUT2D eigenvalue weighted by Crippen LogP contribution is -2.30. The summed E-state index contributed by atoms with van der Waals surface area (Å²) in [6, 6.07) is 7.87. The zero-order valence-electron chi connectivity index (χ0n) is 10.0. The van der Waals surface area contributed by atoms with Crippen LogP contribution in [0.25, 0.3) is 0 Å². The number of carbonyl (C=O) groups excluding carboxylic acids is 1. The van der Waals surface area contributed by atoms with E-state index in [1.807, 2.05) is 13.8 Å². The topological polar surface area (TPSA) is 63.2 Å². The van der Waals surface area contributed by atoms with Gasteiger partial charge in [0.1, 0.15) is 0 Å². The van der Waals surface area contributed by atoms with Gasteiger partial charge in [0, 0.05) is 6.42 Å². The van der Waals surface area contributed by atoms with Crippen molar-refractivity contribution in [3.05, 3.63) is 30.3 Å². The van der Waals surface area contributed by atoms with Crippen LogP contribution in [0.15, 0.2) is 35.2 Å². The highest BCUT2D eigenvalue weighted by Crippen LogP contribution is 2.08. The molecule has 0 spiro atoms. The minimum Gasteiger partial charge on any atom is -0.274 e. The average molecular weight is 255 g/mol. The Labute approximate surface area is 102 Å². The van der Waals surface area contributed by atoms with Crippen LogP contribution >= 0.6 is 0 Å². The molecule has 0 aromatic heterocycles. The molecule has 0 radical (unpaired) electrons. The molecule has 1 amide bonds. The third-order valence-electron chi connectivity index (χ3n) is 2.25. The second kappa shape index (κ2) is 5.82. The molecule has 0 heterocycles. The van der Waals surface area contributed by atoms with Gasteiger partial charge in [-0.3, -0.25) is 4.79 Å². The highest BCUT2D eigenvalue weighted by Gasteiger charge is 2.16. The zero-order valence-corrected chi connectivity index (χ0v) is 10.8. The summed E-state index contributed by atoms with van der Waals surface area (Å²) in [5.74, 6) is -0.0808. The average Bonchev–Trinajstić information content (AvgIpc) is 2.27. The van der Waals surface area contributed by atoms with Crippen molar-refractivity contribution in [3.8, 4) is 0 Å². The van der Waals surface area contributed by atoms with E-state index in [-0.39, 0.29) is 11.3 Å². The molecule has 0 aliphatic heterocycles. The van der Waals surface area contributed by atoms with Crippen LogP contribution in [-0.2, 0) is 14.8 Å². The molecular weight excluding hydrogens is 238 g/mol. The molecule has 0 unspecified atom stereocenters. The highest BCUT2D eigenvalue weighted by molar-refractivity contribution is 7.90. The molecule has 94 valence electrons. The van der Waals surface area contributed by atoms with Gasteiger partial charge in [-0.25, -0.2) is 13.1 Å². The monoisotopic (exact) mass is 255 g/mol. The minimum absolute atomic E-state index is 0.109. The van der Waals surface area contributed by atoms with Crippen molar-refractivity contribution >= 4 is 15.9 Å². The van der Waals surface area contributed by atoms with Gasteiger partial charge in [-0.15, -0.1) is 0 Å². The van der Waals surface area contributed by atoms with Gasteiger partial charge in [0.25, 0.3) is 10.0 Å². The third-order valence-corrected chi connectivity index (χ3v) is 3.64. The van der Waals surface area contributed by atoms with Crippen molar-refractivity contribution < 1.29 is 13.2 Å². The van der Waals surface area contributed by atoms with Gasteiger partial charge in [-0.2, -0.15) is 0 Å². The Morgan fingerprint density at radius 3 is 2.35 bits per heavy atom. The molecular formula is C12H17NO3S. The van der Waals surface area contributed by atoms with Crippen LogP contribution in [0.4, 0.5) is 0 Å². The van der Waals surface area contributed by atoms with Gasteiger partial charge in [-0.1, -0.05) is 32.0 Å². The molecule has 0 aliphatic rings. The van der Waals surface area contributed by atoms with Crippen LogP contribution in [0.1, 0.15) is 26.7 Å². The number of sulfonamides is 1. The summed E-state index contributed by atoms with van der Waals surface area (Å²) in [4.78, 5) is 11.6. The van der Waals surface area contributed by atoms with Gasteiger partial charge in [0.2, 0.25) is 5.91 Å². The molecule has 1 rings (SSSR count). The van der Waals surface area contributed by atoms with Crippen LogP contribution in [0.2, 0.25) is 0 Å². The molecule has 0 atom stereocenters. The molecule has 0 aliphatic carbocycles. The Morgan fingerprint density at radius 2 is 1.82 bits per heavy atom. The van der Waals surface area contributed by atoms with Crippen molar-refractivity contribution in [2.45, 2.75) is 31.6 Å². The van der Waals surface area contributed by atoms with Crippen molar-refractivity contribution in [1.82, 2.24) is 4.72 Å². The smallest absolute Gasteiger partial charge is 0.264 e. The van der Waals surface area contributed by atoms with Gasteiger partial charge < -0.3 is 0 Å². The maximum Gasteiger partial charge on any atom is 0.264 e. The molecule has 1 N–H and O–H groups in total. The quantitative estimate of drug-likeness (QED) is 0.874. The fraction of sp³-hybridized carbons (Fsp3) is 0.417. The van der Waals surface area contributed by atoms with Gasteiger partial charge in [0.05, 0.1) is 4.90 Å². The summed E-state index contributed by atoms with van der Waals surface area (Å²) in [6.07, 6.45) is 0.903. The first-order valence-electron chi connectivity index (χ1n) is 5.52. The summed E-state index contributed by atoms with van der Waals surface area (Å²) in [6.45, 7) is 3.97. The lowest BCUT2D eigenvalue weighted by Gasteiger charge is -2.07. The maximum absolute atomic E-state index is 11.8. The van der Waals surface area contributed by atoms with E-state index < -0.39 is 15.9 Å². The standard InChI is InChI=1S/C12H17NO3S/c1-10(2)8-9-12(14)13-17(15,16)11-6-4-3-5-7-11/h3-7,10H,8-9H2,1-2H3,(H,13,14). The second-order valence-electron chi connectivity index (χ2n) is 4.27. The molecule has 0 saturated carbocycles. The third kappa shape index (κ3) is 4.56. The SMILES string of the molecule is CC(C)CCC(=O)NS(=O)(=O)c1ccccc1. The Balaban J connectivity index is 2.65. The summed E-state index contributed by atoms with van der Waals surface area (Å²) < 4.78 is 25.6. The highest BCUT2D eigenvalue weighted by atomic mass is 32.2. The van der Waals surface area contributed by atoms with Crippen LogP contribution in [0.3, 0.4) is 0 Å². The second-order valence-corrected chi connectivity index (χ2v) is 5.96. The number of hydrogen-bond acceptors (Lipinski definition) is 3. The summed E-state index contributed by atoms with van der Waals surface area (Å²) in [7, 11) is -3.71. The molecule has 1 aromatic carbocycles. The predicted molar refractivity (Wildman–Crippen MR) is 65.8 cm³/mol. The van der Waals surface area contributed by atoms with E-state index in [4.69, 9.17) is 0 Å². The first-order chi connectivity index (χ1) is 7.92. The van der Waals surface area contributed by atoms with Gasteiger partial charge in [-0.05, 0) is 24.5 Å². The van der Waals surface area contributed by atoms with Crippen LogP contribution in [0.5, 0.6) is 0 Å². The van der Waals surface area contributed by atoms with Crippen LogP contribution in [0, 0.1) is 5.92 Å². The molecule has 17 heavy (non-hydrogen) atoms. The predicted octanol–water partition coefficient (Wildman–Crippen LogP) is 1.93. The first kappa shape index (κ1) is 13.7. The van der Waals surface area contributed by atoms with E-state index in [0.717, 1.165) is 0 Å². The molecule has 5 heteroatoms.